The van der Waals surface area contributed by atoms with Crippen molar-refractivity contribution >= 4 is 11.9 Å². The number of rotatable bonds is 11. The predicted molar refractivity (Wildman–Crippen MR) is 91.5 cm³/mol. The van der Waals surface area contributed by atoms with Gasteiger partial charge in [-0.05, 0) is 20.3 Å². The van der Waals surface area contributed by atoms with Crippen LogP contribution in [-0.2, 0) is 16.1 Å². The van der Waals surface area contributed by atoms with Gasteiger partial charge in [-0.3, -0.25) is 4.79 Å². The molecule has 0 unspecified atom stereocenters. The van der Waals surface area contributed by atoms with Crippen molar-refractivity contribution < 1.29 is 18.7 Å². The van der Waals surface area contributed by atoms with Crippen LogP contribution < -0.4 is 0 Å². The highest BCUT2D eigenvalue weighted by atomic mass is 16.5. The Morgan fingerprint density at radius 1 is 1.21 bits per heavy atom. The molecular weight excluding hydrogens is 308 g/mol. The van der Waals surface area contributed by atoms with Crippen LogP contribution in [0.5, 0.6) is 0 Å². The summed E-state index contributed by atoms with van der Waals surface area (Å²) in [6.45, 7) is 6.38. The summed E-state index contributed by atoms with van der Waals surface area (Å²) in [7, 11) is 1.29. The molecule has 1 rings (SSSR count). The van der Waals surface area contributed by atoms with Crippen molar-refractivity contribution in [3.05, 3.63) is 17.8 Å². The van der Waals surface area contributed by atoms with Crippen LogP contribution >= 0.6 is 0 Å². The summed E-state index contributed by atoms with van der Waals surface area (Å²) < 4.78 is 9.88. The lowest BCUT2D eigenvalue weighted by Gasteiger charge is -2.25. The lowest BCUT2D eigenvalue weighted by Crippen LogP contribution is -2.36. The van der Waals surface area contributed by atoms with E-state index >= 15 is 0 Å². The molecule has 136 valence electrons. The minimum absolute atomic E-state index is 0.0473. The van der Waals surface area contributed by atoms with Crippen LogP contribution in [0.25, 0.3) is 0 Å². The molecule has 24 heavy (non-hydrogen) atoms. The third-order valence-corrected chi connectivity index (χ3v) is 3.94. The number of unbranched alkanes of at least 4 members (excludes halogenated alkanes) is 5. The molecule has 0 fully saturated rings. The first-order valence-corrected chi connectivity index (χ1v) is 8.81. The highest BCUT2D eigenvalue weighted by Gasteiger charge is 2.20. The van der Waals surface area contributed by atoms with E-state index in [1.165, 1.54) is 39.1 Å². The molecule has 0 atom stereocenters. The summed E-state index contributed by atoms with van der Waals surface area (Å²) in [6.07, 6.45) is 8.71. The largest absolute Gasteiger partial charge is 0.464 e. The number of esters is 1. The van der Waals surface area contributed by atoms with Crippen LogP contribution in [0.1, 0.15) is 82.1 Å². The monoisotopic (exact) mass is 338 g/mol. The number of hydrogen-bond acceptors (Lipinski definition) is 5. The second-order valence-corrected chi connectivity index (χ2v) is 6.25. The Morgan fingerprint density at radius 2 is 1.88 bits per heavy atom. The Bertz CT molecular complexity index is 511. The van der Waals surface area contributed by atoms with Crippen molar-refractivity contribution in [2.75, 3.05) is 7.11 Å². The van der Waals surface area contributed by atoms with Gasteiger partial charge >= 0.3 is 5.97 Å². The molecule has 0 saturated heterocycles. The third-order valence-electron chi connectivity index (χ3n) is 3.94. The standard InChI is InChI=1S/C18H30N2O4/c1-5-6-7-8-9-10-11-17(21)20(14(2)3)12-16-19-15(13-24-16)18(22)23-4/h13-14H,5-12H2,1-4H3. The molecule has 0 spiro atoms. The topological polar surface area (TPSA) is 72.6 Å². The van der Waals surface area contributed by atoms with Gasteiger partial charge in [0, 0.05) is 12.5 Å². The van der Waals surface area contributed by atoms with Gasteiger partial charge in [0.2, 0.25) is 11.8 Å². The van der Waals surface area contributed by atoms with E-state index < -0.39 is 5.97 Å². The number of amides is 1. The van der Waals surface area contributed by atoms with Gasteiger partial charge in [0.1, 0.15) is 6.26 Å². The zero-order valence-electron chi connectivity index (χ0n) is 15.3. The lowest BCUT2D eigenvalue weighted by molar-refractivity contribution is -0.134. The molecule has 1 aromatic heterocycles. The summed E-state index contributed by atoms with van der Waals surface area (Å²) >= 11 is 0. The maximum absolute atomic E-state index is 12.4. The summed E-state index contributed by atoms with van der Waals surface area (Å²) in [5.74, 6) is -0.0989. The Labute approximate surface area is 144 Å². The van der Waals surface area contributed by atoms with Gasteiger partial charge < -0.3 is 14.1 Å². The number of methoxy groups -OCH3 is 1. The van der Waals surface area contributed by atoms with E-state index in [4.69, 9.17) is 4.42 Å². The highest BCUT2D eigenvalue weighted by Crippen LogP contribution is 2.14. The van der Waals surface area contributed by atoms with E-state index in [0.29, 0.717) is 12.3 Å². The number of carbonyl (C=O) groups is 2. The summed E-state index contributed by atoms with van der Waals surface area (Å²) in [5, 5.41) is 0. The van der Waals surface area contributed by atoms with Crippen molar-refractivity contribution in [1.29, 1.82) is 0 Å². The first-order valence-electron chi connectivity index (χ1n) is 8.81. The predicted octanol–water partition coefficient (Wildman–Crippen LogP) is 3.95. The molecule has 0 bridgehead atoms. The van der Waals surface area contributed by atoms with Crippen LogP contribution in [0.3, 0.4) is 0 Å². The molecule has 6 nitrogen and oxygen atoms in total. The minimum Gasteiger partial charge on any atom is -0.464 e. The molecule has 0 N–H and O–H groups in total. The second-order valence-electron chi connectivity index (χ2n) is 6.25. The van der Waals surface area contributed by atoms with Gasteiger partial charge in [-0.1, -0.05) is 39.0 Å². The van der Waals surface area contributed by atoms with Gasteiger partial charge in [-0.2, -0.15) is 0 Å². The number of hydrogen-bond donors (Lipinski definition) is 0. The molecule has 1 amide bonds. The van der Waals surface area contributed by atoms with Crippen LogP contribution in [0.15, 0.2) is 10.7 Å². The molecule has 0 aromatic carbocycles. The molecule has 1 heterocycles. The fourth-order valence-corrected chi connectivity index (χ4v) is 2.49. The van der Waals surface area contributed by atoms with Crippen molar-refractivity contribution in [2.24, 2.45) is 0 Å². The molecular formula is C18H30N2O4. The molecule has 0 radical (unpaired) electrons. The number of carbonyl (C=O) groups excluding carboxylic acids is 2. The normalized spacial score (nSPS) is 10.9. The number of aromatic nitrogens is 1. The maximum atomic E-state index is 12.4. The van der Waals surface area contributed by atoms with Crippen molar-refractivity contribution in [3.8, 4) is 0 Å². The highest BCUT2D eigenvalue weighted by molar-refractivity contribution is 5.86. The first-order chi connectivity index (χ1) is 11.5. The van der Waals surface area contributed by atoms with Crippen LogP contribution in [0.2, 0.25) is 0 Å². The van der Waals surface area contributed by atoms with E-state index in [9.17, 15) is 9.59 Å². The van der Waals surface area contributed by atoms with Crippen molar-refractivity contribution in [2.45, 2.75) is 78.3 Å². The quantitative estimate of drug-likeness (QED) is 0.451. The van der Waals surface area contributed by atoms with Gasteiger partial charge in [0.05, 0.1) is 13.7 Å². The minimum atomic E-state index is -0.542. The van der Waals surface area contributed by atoms with Gasteiger partial charge in [-0.15, -0.1) is 0 Å². The zero-order valence-corrected chi connectivity index (χ0v) is 15.3. The van der Waals surface area contributed by atoms with Crippen LogP contribution in [-0.4, -0.2) is 34.9 Å². The molecule has 1 aromatic rings. The molecule has 0 aliphatic carbocycles. The fourth-order valence-electron chi connectivity index (χ4n) is 2.49. The Balaban J connectivity index is 2.49. The van der Waals surface area contributed by atoms with E-state index in [2.05, 4.69) is 16.6 Å². The first kappa shape index (κ1) is 20.2. The van der Waals surface area contributed by atoms with E-state index in [0.717, 1.165) is 12.8 Å². The summed E-state index contributed by atoms with van der Waals surface area (Å²) in [5.41, 5.74) is 0.125. The summed E-state index contributed by atoms with van der Waals surface area (Å²) in [4.78, 5) is 29.7. The number of ether oxygens (including phenoxy) is 1. The van der Waals surface area contributed by atoms with E-state index in [1.54, 1.807) is 4.90 Å². The Morgan fingerprint density at radius 3 is 2.50 bits per heavy atom. The molecule has 0 aliphatic heterocycles. The second kappa shape index (κ2) is 10.8. The van der Waals surface area contributed by atoms with Crippen molar-refractivity contribution in [3.63, 3.8) is 0 Å². The van der Waals surface area contributed by atoms with Crippen LogP contribution in [0.4, 0.5) is 0 Å². The number of nitrogens with zero attached hydrogens (tertiary/aromatic N) is 2. The maximum Gasteiger partial charge on any atom is 0.360 e. The lowest BCUT2D eigenvalue weighted by atomic mass is 10.1. The zero-order chi connectivity index (χ0) is 17.9. The van der Waals surface area contributed by atoms with Gasteiger partial charge in [0.25, 0.3) is 0 Å². The third kappa shape index (κ3) is 6.72. The smallest absolute Gasteiger partial charge is 0.360 e. The molecule has 0 saturated carbocycles. The van der Waals surface area contributed by atoms with Gasteiger partial charge in [-0.25, -0.2) is 9.78 Å². The SMILES string of the molecule is CCCCCCCCC(=O)N(Cc1nc(C(=O)OC)co1)C(C)C. The molecule has 0 aliphatic rings. The average molecular weight is 338 g/mol. The summed E-state index contributed by atoms with van der Waals surface area (Å²) in [6, 6.07) is 0.0473. The fraction of sp³-hybridized carbons (Fsp3) is 0.722. The van der Waals surface area contributed by atoms with Crippen molar-refractivity contribution in [1.82, 2.24) is 9.88 Å². The number of oxazole rings is 1. The molecule has 6 heteroatoms. The van der Waals surface area contributed by atoms with E-state index in [1.807, 2.05) is 13.8 Å². The average Bonchev–Trinajstić information content (AvgIpc) is 3.03. The Kier molecular flexibility index (Phi) is 9.12. The Hall–Kier alpha value is -1.85. The van der Waals surface area contributed by atoms with Gasteiger partial charge in [0.15, 0.2) is 5.69 Å². The van der Waals surface area contributed by atoms with Crippen LogP contribution in [0, 0.1) is 0 Å². The van der Waals surface area contributed by atoms with E-state index in [-0.39, 0.29) is 24.2 Å².